The summed E-state index contributed by atoms with van der Waals surface area (Å²) in [6.45, 7) is 1.49. The number of phenolic OH excluding ortho intramolecular Hbond substituents is 2. The van der Waals surface area contributed by atoms with E-state index in [0.29, 0.717) is 24.4 Å². The van der Waals surface area contributed by atoms with Gasteiger partial charge in [0.25, 0.3) is 0 Å². The SMILES string of the molecule is CC(=O)CCc1ccc(-c2c(O)cc(O)cc2CC(=O)O)o1. The number of furan rings is 1. The molecule has 0 aliphatic heterocycles. The molecule has 0 aliphatic carbocycles. The number of Topliss-reactive ketones (excluding diaryl/α,β-unsaturated/α-hetero) is 1. The number of hydrogen-bond acceptors (Lipinski definition) is 5. The number of carbonyl (C=O) groups is 2. The Morgan fingerprint density at radius 2 is 1.91 bits per heavy atom. The van der Waals surface area contributed by atoms with Crippen LogP contribution < -0.4 is 0 Å². The third kappa shape index (κ3) is 3.66. The molecule has 1 aromatic carbocycles. The summed E-state index contributed by atoms with van der Waals surface area (Å²) < 4.78 is 5.58. The largest absolute Gasteiger partial charge is 0.508 e. The Balaban J connectivity index is 2.39. The van der Waals surface area contributed by atoms with Crippen molar-refractivity contribution in [3.63, 3.8) is 0 Å². The summed E-state index contributed by atoms with van der Waals surface area (Å²) in [6.07, 6.45) is 0.416. The highest BCUT2D eigenvalue weighted by Crippen LogP contribution is 2.37. The van der Waals surface area contributed by atoms with E-state index >= 15 is 0 Å². The molecule has 0 spiro atoms. The van der Waals surface area contributed by atoms with Crippen molar-refractivity contribution in [1.29, 1.82) is 0 Å². The van der Waals surface area contributed by atoms with Gasteiger partial charge in [0.05, 0.1) is 12.0 Å². The molecule has 22 heavy (non-hydrogen) atoms. The zero-order valence-electron chi connectivity index (χ0n) is 12.0. The summed E-state index contributed by atoms with van der Waals surface area (Å²) in [6, 6.07) is 5.68. The second-order valence-corrected chi connectivity index (χ2v) is 5.04. The van der Waals surface area contributed by atoms with Crippen molar-refractivity contribution in [2.45, 2.75) is 26.2 Å². The second-order valence-electron chi connectivity index (χ2n) is 5.04. The van der Waals surface area contributed by atoms with Gasteiger partial charge in [-0.2, -0.15) is 0 Å². The molecule has 0 atom stereocenters. The van der Waals surface area contributed by atoms with Crippen LogP contribution in [0.2, 0.25) is 0 Å². The molecular formula is C16H16O6. The van der Waals surface area contributed by atoms with Crippen LogP contribution in [0.5, 0.6) is 11.5 Å². The van der Waals surface area contributed by atoms with Crippen LogP contribution in [0.4, 0.5) is 0 Å². The van der Waals surface area contributed by atoms with Crippen molar-refractivity contribution < 1.29 is 29.3 Å². The molecular weight excluding hydrogens is 288 g/mol. The quantitative estimate of drug-likeness (QED) is 0.756. The molecule has 2 aromatic rings. The topological polar surface area (TPSA) is 108 Å². The third-order valence-electron chi connectivity index (χ3n) is 3.16. The summed E-state index contributed by atoms with van der Waals surface area (Å²) in [5.41, 5.74) is 0.478. The lowest BCUT2D eigenvalue weighted by Gasteiger charge is -2.09. The lowest BCUT2D eigenvalue weighted by molar-refractivity contribution is -0.136. The van der Waals surface area contributed by atoms with E-state index in [4.69, 9.17) is 9.52 Å². The van der Waals surface area contributed by atoms with Crippen LogP contribution >= 0.6 is 0 Å². The Morgan fingerprint density at radius 3 is 2.55 bits per heavy atom. The maximum absolute atomic E-state index is 11.0. The molecule has 0 radical (unpaired) electrons. The van der Waals surface area contributed by atoms with E-state index in [2.05, 4.69) is 0 Å². The maximum Gasteiger partial charge on any atom is 0.307 e. The van der Waals surface area contributed by atoms with Crippen LogP contribution in [0, 0.1) is 0 Å². The van der Waals surface area contributed by atoms with Gasteiger partial charge in [0.2, 0.25) is 0 Å². The monoisotopic (exact) mass is 304 g/mol. The number of aliphatic carboxylic acids is 1. The number of carboxylic acid groups (broad SMARTS) is 1. The number of aromatic hydroxyl groups is 2. The molecule has 0 amide bonds. The number of aryl methyl sites for hydroxylation is 1. The molecule has 1 aromatic heterocycles. The zero-order chi connectivity index (χ0) is 16.3. The highest BCUT2D eigenvalue weighted by Gasteiger charge is 2.18. The lowest BCUT2D eigenvalue weighted by Crippen LogP contribution is -2.01. The summed E-state index contributed by atoms with van der Waals surface area (Å²) in [4.78, 5) is 21.9. The third-order valence-corrected chi connectivity index (χ3v) is 3.16. The predicted molar refractivity (Wildman–Crippen MR) is 77.8 cm³/mol. The zero-order valence-corrected chi connectivity index (χ0v) is 12.0. The van der Waals surface area contributed by atoms with Gasteiger partial charge in [0.1, 0.15) is 28.8 Å². The molecule has 2 rings (SSSR count). The van der Waals surface area contributed by atoms with Gasteiger partial charge >= 0.3 is 5.97 Å². The van der Waals surface area contributed by atoms with Gasteiger partial charge in [-0.05, 0) is 30.7 Å². The maximum atomic E-state index is 11.0. The van der Waals surface area contributed by atoms with Crippen LogP contribution in [0.3, 0.4) is 0 Å². The fourth-order valence-electron chi connectivity index (χ4n) is 2.20. The van der Waals surface area contributed by atoms with Crippen LogP contribution in [0.1, 0.15) is 24.7 Å². The van der Waals surface area contributed by atoms with Crippen molar-refractivity contribution in [1.82, 2.24) is 0 Å². The average molecular weight is 304 g/mol. The number of carboxylic acids is 1. The van der Waals surface area contributed by atoms with Crippen LogP contribution in [-0.2, 0) is 22.4 Å². The summed E-state index contributed by atoms with van der Waals surface area (Å²) in [7, 11) is 0. The summed E-state index contributed by atoms with van der Waals surface area (Å²) >= 11 is 0. The van der Waals surface area contributed by atoms with E-state index in [0.717, 1.165) is 6.07 Å². The summed E-state index contributed by atoms with van der Waals surface area (Å²) in [5.74, 6) is -0.664. The number of ketones is 1. The van der Waals surface area contributed by atoms with Crippen molar-refractivity contribution in [3.8, 4) is 22.8 Å². The number of phenols is 2. The Kier molecular flexibility index (Phi) is 4.50. The first-order chi connectivity index (χ1) is 10.4. The minimum Gasteiger partial charge on any atom is -0.508 e. The molecule has 0 saturated heterocycles. The molecule has 1 heterocycles. The number of carbonyl (C=O) groups excluding carboxylic acids is 1. The second kappa shape index (κ2) is 6.34. The van der Waals surface area contributed by atoms with E-state index in [-0.39, 0.29) is 34.8 Å². The molecule has 116 valence electrons. The highest BCUT2D eigenvalue weighted by atomic mass is 16.4. The highest BCUT2D eigenvalue weighted by molar-refractivity contribution is 5.79. The lowest BCUT2D eigenvalue weighted by atomic mass is 10.0. The van der Waals surface area contributed by atoms with Gasteiger partial charge in [-0.3, -0.25) is 4.79 Å². The smallest absolute Gasteiger partial charge is 0.307 e. The van der Waals surface area contributed by atoms with E-state index in [1.807, 2.05) is 0 Å². The van der Waals surface area contributed by atoms with Gasteiger partial charge in [-0.25, -0.2) is 0 Å². The van der Waals surface area contributed by atoms with Gasteiger partial charge in [0.15, 0.2) is 0 Å². The van der Waals surface area contributed by atoms with Crippen LogP contribution in [0.25, 0.3) is 11.3 Å². The average Bonchev–Trinajstić information content (AvgIpc) is 2.83. The Morgan fingerprint density at radius 1 is 1.18 bits per heavy atom. The standard InChI is InChI=1S/C16H16O6/c1-9(17)2-3-12-4-5-14(22-12)16-10(7-15(20)21)6-11(18)8-13(16)19/h4-6,8,18-19H,2-3,7H2,1H3,(H,20,21). The Hall–Kier alpha value is -2.76. The molecule has 0 aliphatic rings. The molecule has 0 unspecified atom stereocenters. The number of hydrogen-bond donors (Lipinski definition) is 3. The van der Waals surface area contributed by atoms with Gasteiger partial charge in [-0.15, -0.1) is 0 Å². The Bertz CT molecular complexity index is 713. The van der Waals surface area contributed by atoms with Crippen molar-refractivity contribution >= 4 is 11.8 Å². The molecule has 0 fully saturated rings. The first-order valence-electron chi connectivity index (χ1n) is 6.72. The van der Waals surface area contributed by atoms with Crippen molar-refractivity contribution in [3.05, 3.63) is 35.6 Å². The fraction of sp³-hybridized carbons (Fsp3) is 0.250. The predicted octanol–water partition coefficient (Wildman–Crippen LogP) is 2.51. The molecule has 0 saturated carbocycles. The molecule has 0 bridgehead atoms. The molecule has 6 nitrogen and oxygen atoms in total. The van der Waals surface area contributed by atoms with E-state index in [9.17, 15) is 19.8 Å². The first kappa shape index (κ1) is 15.6. The van der Waals surface area contributed by atoms with Gasteiger partial charge in [-0.1, -0.05) is 0 Å². The summed E-state index contributed by atoms with van der Waals surface area (Å²) in [5, 5.41) is 28.4. The van der Waals surface area contributed by atoms with Gasteiger partial charge in [0, 0.05) is 18.9 Å². The Labute approximate surface area is 126 Å². The minimum atomic E-state index is -1.09. The van der Waals surface area contributed by atoms with Crippen molar-refractivity contribution in [2.75, 3.05) is 0 Å². The van der Waals surface area contributed by atoms with Gasteiger partial charge < -0.3 is 24.5 Å². The van der Waals surface area contributed by atoms with E-state index < -0.39 is 5.97 Å². The van der Waals surface area contributed by atoms with Crippen LogP contribution in [-0.4, -0.2) is 27.1 Å². The van der Waals surface area contributed by atoms with Crippen LogP contribution in [0.15, 0.2) is 28.7 Å². The molecule has 6 heteroatoms. The minimum absolute atomic E-state index is 0.0389. The van der Waals surface area contributed by atoms with E-state index in [1.54, 1.807) is 12.1 Å². The molecule has 3 N–H and O–H groups in total. The number of rotatable bonds is 6. The number of benzene rings is 1. The fourth-order valence-corrected chi connectivity index (χ4v) is 2.20. The van der Waals surface area contributed by atoms with E-state index in [1.165, 1.54) is 13.0 Å². The first-order valence-corrected chi connectivity index (χ1v) is 6.72. The van der Waals surface area contributed by atoms with Crippen molar-refractivity contribution in [2.24, 2.45) is 0 Å². The normalized spacial score (nSPS) is 10.6.